The van der Waals surface area contributed by atoms with Crippen LogP contribution in [0.2, 0.25) is 0 Å². The van der Waals surface area contributed by atoms with E-state index >= 15 is 0 Å². The third kappa shape index (κ3) is 4.75. The van der Waals surface area contributed by atoms with Crippen molar-refractivity contribution in [2.45, 2.75) is 19.9 Å². The van der Waals surface area contributed by atoms with Crippen molar-refractivity contribution in [2.24, 2.45) is 0 Å². The summed E-state index contributed by atoms with van der Waals surface area (Å²) in [6.07, 6.45) is 3.23. The van der Waals surface area contributed by atoms with Crippen molar-refractivity contribution in [1.29, 1.82) is 0 Å². The van der Waals surface area contributed by atoms with Gasteiger partial charge in [0.1, 0.15) is 17.3 Å². The first kappa shape index (κ1) is 23.3. The Hall–Kier alpha value is -3.39. The van der Waals surface area contributed by atoms with Crippen LogP contribution < -0.4 is 9.47 Å². The third-order valence-corrected chi connectivity index (χ3v) is 5.15. The molecule has 1 aliphatic rings. The highest BCUT2D eigenvalue weighted by atomic mass is 16.5. The maximum absolute atomic E-state index is 13.1. The molecule has 1 unspecified atom stereocenters. The van der Waals surface area contributed by atoms with Crippen molar-refractivity contribution >= 4 is 17.4 Å². The fraction of sp³-hybridized carbons (Fsp3) is 0.375. The number of likely N-dealkylation sites (N-methyl/N-ethyl adjacent to an activating group) is 1. The fourth-order valence-corrected chi connectivity index (χ4v) is 3.68. The lowest BCUT2D eigenvalue weighted by Gasteiger charge is -2.26. The SMILES string of the molecule is CCOc1ccc(/C(O)=C2/C(=O)C(=O)N(CCN(C)C)C2c2cccnc2)c(OCC)c1. The second-order valence-electron chi connectivity index (χ2n) is 7.61. The van der Waals surface area contributed by atoms with Gasteiger partial charge in [-0.1, -0.05) is 6.07 Å². The Morgan fingerprint density at radius 3 is 2.53 bits per heavy atom. The summed E-state index contributed by atoms with van der Waals surface area (Å²) in [4.78, 5) is 33.6. The van der Waals surface area contributed by atoms with Crippen LogP contribution in [0.4, 0.5) is 0 Å². The normalized spacial score (nSPS) is 17.8. The number of hydrogen-bond donors (Lipinski definition) is 1. The molecule has 0 saturated carbocycles. The van der Waals surface area contributed by atoms with E-state index < -0.39 is 17.7 Å². The lowest BCUT2D eigenvalue weighted by molar-refractivity contribution is -0.140. The molecule has 8 heteroatoms. The molecule has 1 saturated heterocycles. The van der Waals surface area contributed by atoms with E-state index in [2.05, 4.69) is 4.98 Å². The number of pyridine rings is 1. The Bertz CT molecular complexity index is 1000. The summed E-state index contributed by atoms with van der Waals surface area (Å²) in [6, 6.07) is 7.79. The smallest absolute Gasteiger partial charge is 0.295 e. The van der Waals surface area contributed by atoms with Crippen molar-refractivity contribution in [3.8, 4) is 11.5 Å². The van der Waals surface area contributed by atoms with E-state index in [0.717, 1.165) is 0 Å². The van der Waals surface area contributed by atoms with Gasteiger partial charge in [-0.3, -0.25) is 14.6 Å². The fourth-order valence-electron chi connectivity index (χ4n) is 3.68. The number of aromatic nitrogens is 1. The summed E-state index contributed by atoms with van der Waals surface area (Å²) in [6.45, 7) is 5.44. The van der Waals surface area contributed by atoms with Gasteiger partial charge in [0.25, 0.3) is 11.7 Å². The minimum absolute atomic E-state index is 0.0202. The van der Waals surface area contributed by atoms with E-state index in [1.165, 1.54) is 4.90 Å². The number of carbonyl (C=O) groups excluding carboxylic acids is 2. The molecule has 170 valence electrons. The highest BCUT2D eigenvalue weighted by Gasteiger charge is 2.46. The van der Waals surface area contributed by atoms with Gasteiger partial charge >= 0.3 is 0 Å². The summed E-state index contributed by atoms with van der Waals surface area (Å²) in [5.41, 5.74) is 0.998. The monoisotopic (exact) mass is 439 g/mol. The number of Topliss-reactive ketones (excluding diaryl/α,β-unsaturated/α-hetero) is 1. The summed E-state index contributed by atoms with van der Waals surface area (Å²) in [5, 5.41) is 11.3. The van der Waals surface area contributed by atoms with E-state index in [4.69, 9.17) is 9.47 Å². The highest BCUT2D eigenvalue weighted by molar-refractivity contribution is 6.46. The predicted octanol–water partition coefficient (Wildman–Crippen LogP) is 2.86. The standard InChI is InChI=1S/C24H29N3O5/c1-5-31-17-9-10-18(19(14-17)32-6-2)22(28)20-21(16-8-7-11-25-15-16)27(13-12-26(3)4)24(30)23(20)29/h7-11,14-15,21,28H,5-6,12-13H2,1-4H3/b22-20-. The third-order valence-electron chi connectivity index (χ3n) is 5.15. The maximum Gasteiger partial charge on any atom is 0.295 e. The largest absolute Gasteiger partial charge is 0.507 e. The Morgan fingerprint density at radius 1 is 1.16 bits per heavy atom. The molecule has 3 rings (SSSR count). The molecule has 0 radical (unpaired) electrons. The van der Waals surface area contributed by atoms with Gasteiger partial charge in [-0.15, -0.1) is 0 Å². The first-order valence-electron chi connectivity index (χ1n) is 10.6. The molecule has 8 nitrogen and oxygen atoms in total. The van der Waals surface area contributed by atoms with Gasteiger partial charge in [0.05, 0.1) is 30.4 Å². The van der Waals surface area contributed by atoms with Crippen LogP contribution in [0.3, 0.4) is 0 Å². The van der Waals surface area contributed by atoms with Gasteiger partial charge in [0.15, 0.2) is 0 Å². The van der Waals surface area contributed by atoms with Crippen LogP contribution in [-0.4, -0.2) is 72.0 Å². The minimum Gasteiger partial charge on any atom is -0.507 e. The molecule has 2 aromatic rings. The number of carbonyl (C=O) groups is 2. The van der Waals surface area contributed by atoms with E-state index in [1.807, 2.05) is 32.8 Å². The van der Waals surface area contributed by atoms with Gasteiger partial charge in [0, 0.05) is 31.5 Å². The number of aliphatic hydroxyl groups excluding tert-OH is 1. The molecule has 1 N–H and O–H groups in total. The average Bonchev–Trinajstić information content (AvgIpc) is 3.03. The molecule has 1 aromatic heterocycles. The second-order valence-corrected chi connectivity index (χ2v) is 7.61. The summed E-state index contributed by atoms with van der Waals surface area (Å²) >= 11 is 0. The van der Waals surface area contributed by atoms with Gasteiger partial charge in [-0.25, -0.2) is 0 Å². The zero-order valence-corrected chi connectivity index (χ0v) is 18.9. The zero-order valence-electron chi connectivity index (χ0n) is 18.9. The number of ether oxygens (including phenoxy) is 2. The Morgan fingerprint density at radius 2 is 1.91 bits per heavy atom. The molecule has 1 amide bonds. The van der Waals surface area contributed by atoms with Crippen LogP contribution in [0.5, 0.6) is 11.5 Å². The molecule has 1 atom stereocenters. The molecule has 0 bridgehead atoms. The quantitative estimate of drug-likeness (QED) is 0.365. The second kappa shape index (κ2) is 10.3. The summed E-state index contributed by atoms with van der Waals surface area (Å²) in [7, 11) is 3.79. The van der Waals surface area contributed by atoms with Crippen LogP contribution in [-0.2, 0) is 9.59 Å². The number of benzene rings is 1. The summed E-state index contributed by atoms with van der Waals surface area (Å²) in [5.74, 6) is -0.697. The number of likely N-dealkylation sites (tertiary alicyclic amines) is 1. The first-order valence-corrected chi connectivity index (χ1v) is 10.6. The topological polar surface area (TPSA) is 92.2 Å². The van der Waals surface area contributed by atoms with E-state index in [1.54, 1.807) is 42.7 Å². The van der Waals surface area contributed by atoms with Crippen LogP contribution in [0.25, 0.3) is 5.76 Å². The Labute approximate surface area is 188 Å². The van der Waals surface area contributed by atoms with Crippen molar-refractivity contribution < 1.29 is 24.2 Å². The van der Waals surface area contributed by atoms with E-state index in [0.29, 0.717) is 48.9 Å². The predicted molar refractivity (Wildman–Crippen MR) is 121 cm³/mol. The van der Waals surface area contributed by atoms with Crippen LogP contribution in [0, 0.1) is 0 Å². The Kier molecular flexibility index (Phi) is 7.48. The van der Waals surface area contributed by atoms with Crippen LogP contribution in [0.15, 0.2) is 48.3 Å². The summed E-state index contributed by atoms with van der Waals surface area (Å²) < 4.78 is 11.2. The number of nitrogens with zero attached hydrogens (tertiary/aromatic N) is 3. The zero-order chi connectivity index (χ0) is 23.3. The lowest BCUT2D eigenvalue weighted by atomic mass is 9.96. The number of amides is 1. The Balaban J connectivity index is 2.15. The maximum atomic E-state index is 13.1. The number of aliphatic hydroxyl groups is 1. The lowest BCUT2D eigenvalue weighted by Crippen LogP contribution is -2.35. The van der Waals surface area contributed by atoms with E-state index in [-0.39, 0.29) is 11.3 Å². The van der Waals surface area contributed by atoms with Crippen molar-refractivity contribution in [2.75, 3.05) is 40.4 Å². The average molecular weight is 440 g/mol. The van der Waals surface area contributed by atoms with Gasteiger partial charge < -0.3 is 24.4 Å². The van der Waals surface area contributed by atoms with Gasteiger partial charge in [0.2, 0.25) is 0 Å². The molecule has 32 heavy (non-hydrogen) atoms. The van der Waals surface area contributed by atoms with Gasteiger partial charge in [-0.05, 0) is 51.7 Å². The molecule has 1 fully saturated rings. The van der Waals surface area contributed by atoms with Crippen molar-refractivity contribution in [3.05, 3.63) is 59.4 Å². The highest BCUT2D eigenvalue weighted by Crippen LogP contribution is 2.41. The van der Waals surface area contributed by atoms with Gasteiger partial charge in [-0.2, -0.15) is 0 Å². The van der Waals surface area contributed by atoms with Crippen LogP contribution >= 0.6 is 0 Å². The number of hydrogen-bond acceptors (Lipinski definition) is 7. The molecule has 1 aliphatic heterocycles. The molecule has 0 aliphatic carbocycles. The number of rotatable bonds is 9. The van der Waals surface area contributed by atoms with E-state index in [9.17, 15) is 14.7 Å². The minimum atomic E-state index is -0.746. The molecule has 1 aromatic carbocycles. The number of ketones is 1. The molecule has 0 spiro atoms. The van der Waals surface area contributed by atoms with Crippen molar-refractivity contribution in [1.82, 2.24) is 14.8 Å². The molecular formula is C24H29N3O5. The first-order chi connectivity index (χ1) is 15.4. The molecular weight excluding hydrogens is 410 g/mol. The van der Waals surface area contributed by atoms with Crippen molar-refractivity contribution in [3.63, 3.8) is 0 Å². The van der Waals surface area contributed by atoms with Crippen LogP contribution in [0.1, 0.15) is 31.0 Å². The molecule has 2 heterocycles.